The molecule has 0 atom stereocenters. The Bertz CT molecular complexity index is 1200. The van der Waals surface area contributed by atoms with Gasteiger partial charge < -0.3 is 24.8 Å². The van der Waals surface area contributed by atoms with Gasteiger partial charge in [-0.1, -0.05) is 34.1 Å². The van der Waals surface area contributed by atoms with Crippen molar-refractivity contribution < 1.29 is 23.8 Å². The predicted octanol–water partition coefficient (Wildman–Crippen LogP) is 5.77. The summed E-state index contributed by atoms with van der Waals surface area (Å²) in [6.07, 6.45) is 3.07. The van der Waals surface area contributed by atoms with E-state index >= 15 is 0 Å². The van der Waals surface area contributed by atoms with Gasteiger partial charge in [0.15, 0.2) is 0 Å². The predicted molar refractivity (Wildman–Crippen MR) is 137 cm³/mol. The van der Waals surface area contributed by atoms with Crippen molar-refractivity contribution in [3.8, 4) is 17.2 Å². The van der Waals surface area contributed by atoms with E-state index in [1.165, 1.54) is 20.3 Å². The maximum Gasteiger partial charge on any atom is 0.255 e. The summed E-state index contributed by atoms with van der Waals surface area (Å²) in [6.45, 7) is 2.41. The highest BCUT2D eigenvalue weighted by Crippen LogP contribution is 2.36. The summed E-state index contributed by atoms with van der Waals surface area (Å²) in [7, 11) is 2.96. The van der Waals surface area contributed by atoms with Crippen molar-refractivity contribution in [2.24, 2.45) is 0 Å². The molecule has 0 radical (unpaired) electrons. The third-order valence-electron chi connectivity index (χ3n) is 4.75. The van der Waals surface area contributed by atoms with E-state index in [1.807, 2.05) is 31.2 Å². The van der Waals surface area contributed by atoms with E-state index in [4.69, 9.17) is 14.2 Å². The summed E-state index contributed by atoms with van der Waals surface area (Å²) >= 11 is 3.43. The van der Waals surface area contributed by atoms with Crippen LogP contribution in [-0.4, -0.2) is 32.6 Å². The van der Waals surface area contributed by atoms with Crippen LogP contribution in [0.1, 0.15) is 22.8 Å². The van der Waals surface area contributed by atoms with E-state index in [0.29, 0.717) is 40.8 Å². The largest absolute Gasteiger partial charge is 0.494 e. The number of ether oxygens (including phenoxy) is 3. The molecule has 0 aliphatic rings. The van der Waals surface area contributed by atoms with E-state index < -0.39 is 0 Å². The number of anilines is 2. The molecular weight excluding hydrogens is 500 g/mol. The fraction of sp³-hybridized carbons (Fsp3) is 0.154. The highest BCUT2D eigenvalue weighted by Gasteiger charge is 2.15. The molecule has 3 aromatic rings. The van der Waals surface area contributed by atoms with Crippen LogP contribution < -0.4 is 24.8 Å². The van der Waals surface area contributed by atoms with Crippen molar-refractivity contribution in [2.45, 2.75) is 6.92 Å². The Kier molecular flexibility index (Phi) is 8.70. The molecule has 0 saturated heterocycles. The van der Waals surface area contributed by atoms with Crippen molar-refractivity contribution >= 4 is 45.2 Å². The number of hydrogen-bond donors (Lipinski definition) is 2. The number of nitrogens with one attached hydrogen (secondary N) is 2. The van der Waals surface area contributed by atoms with Crippen LogP contribution in [0.5, 0.6) is 17.2 Å². The molecule has 0 aliphatic heterocycles. The monoisotopic (exact) mass is 524 g/mol. The van der Waals surface area contributed by atoms with Gasteiger partial charge >= 0.3 is 0 Å². The number of carbonyl (C=O) groups is 2. The molecule has 3 rings (SSSR count). The van der Waals surface area contributed by atoms with E-state index in [2.05, 4.69) is 26.6 Å². The molecule has 176 valence electrons. The smallest absolute Gasteiger partial charge is 0.255 e. The van der Waals surface area contributed by atoms with Crippen LogP contribution in [0.3, 0.4) is 0 Å². The third kappa shape index (κ3) is 6.39. The van der Waals surface area contributed by atoms with Crippen molar-refractivity contribution in [2.75, 3.05) is 31.5 Å². The number of carbonyl (C=O) groups excluding carboxylic acids is 2. The van der Waals surface area contributed by atoms with Gasteiger partial charge in [0, 0.05) is 33.8 Å². The first-order valence-corrected chi connectivity index (χ1v) is 11.3. The van der Waals surface area contributed by atoms with Crippen LogP contribution in [-0.2, 0) is 4.79 Å². The minimum Gasteiger partial charge on any atom is -0.494 e. The topological polar surface area (TPSA) is 85.9 Å². The second kappa shape index (κ2) is 11.9. The Morgan fingerprint density at radius 3 is 2.15 bits per heavy atom. The molecule has 0 aliphatic carbocycles. The molecule has 8 heteroatoms. The summed E-state index contributed by atoms with van der Waals surface area (Å²) in [6, 6.07) is 17.6. The number of hydrogen-bond acceptors (Lipinski definition) is 5. The number of rotatable bonds is 9. The molecule has 0 spiro atoms. The van der Waals surface area contributed by atoms with E-state index in [1.54, 1.807) is 42.5 Å². The normalized spacial score (nSPS) is 10.6. The van der Waals surface area contributed by atoms with Crippen LogP contribution in [0.4, 0.5) is 11.4 Å². The maximum absolute atomic E-state index is 12.6. The Hall–Kier alpha value is -3.78. The SMILES string of the molecule is CCOc1ccc(Br)cc1C=CC(=O)Nc1cc(OC)c(NC(=O)c2ccccc2)cc1OC. The van der Waals surface area contributed by atoms with Gasteiger partial charge in [-0.25, -0.2) is 0 Å². The second-order valence-electron chi connectivity index (χ2n) is 7.01. The number of benzene rings is 3. The summed E-state index contributed by atoms with van der Waals surface area (Å²) in [5, 5.41) is 5.60. The minimum absolute atomic E-state index is 0.292. The molecule has 0 saturated carbocycles. The Labute approximate surface area is 206 Å². The molecule has 0 fully saturated rings. The lowest BCUT2D eigenvalue weighted by Crippen LogP contribution is -2.14. The Morgan fingerprint density at radius 1 is 0.882 bits per heavy atom. The lowest BCUT2D eigenvalue weighted by atomic mass is 10.1. The summed E-state index contributed by atoms with van der Waals surface area (Å²) in [4.78, 5) is 25.2. The standard InChI is InChI=1S/C26H25BrN2O5/c1-4-34-22-12-11-19(27)14-18(22)10-13-25(30)28-20-15-24(33-3)21(16-23(20)32-2)29-26(31)17-8-6-5-7-9-17/h5-16H,4H2,1-3H3,(H,28,30)(H,29,31). The third-order valence-corrected chi connectivity index (χ3v) is 5.24. The summed E-state index contributed by atoms with van der Waals surface area (Å²) in [5.74, 6) is 0.745. The van der Waals surface area contributed by atoms with Gasteiger partial charge in [0.1, 0.15) is 17.2 Å². The molecule has 7 nitrogen and oxygen atoms in total. The van der Waals surface area contributed by atoms with Gasteiger partial charge in [0.25, 0.3) is 5.91 Å². The first kappa shape index (κ1) is 24.9. The first-order valence-electron chi connectivity index (χ1n) is 10.5. The molecule has 2 amide bonds. The molecule has 2 N–H and O–H groups in total. The lowest BCUT2D eigenvalue weighted by Gasteiger charge is -2.16. The summed E-state index contributed by atoms with van der Waals surface area (Å²) in [5.41, 5.74) is 2.07. The molecule has 0 bridgehead atoms. The average molecular weight is 525 g/mol. The van der Waals surface area contributed by atoms with Crippen molar-refractivity contribution in [1.29, 1.82) is 0 Å². The van der Waals surface area contributed by atoms with E-state index in [-0.39, 0.29) is 11.8 Å². The van der Waals surface area contributed by atoms with Crippen LogP contribution in [0.2, 0.25) is 0 Å². The second-order valence-corrected chi connectivity index (χ2v) is 7.93. The van der Waals surface area contributed by atoms with Crippen LogP contribution in [0.25, 0.3) is 6.08 Å². The highest BCUT2D eigenvalue weighted by molar-refractivity contribution is 9.10. The first-order chi connectivity index (χ1) is 16.4. The molecule has 34 heavy (non-hydrogen) atoms. The van der Waals surface area contributed by atoms with Gasteiger partial charge in [-0.05, 0) is 43.3 Å². The molecule has 0 heterocycles. The minimum atomic E-state index is -0.371. The highest BCUT2D eigenvalue weighted by atomic mass is 79.9. The average Bonchev–Trinajstić information content (AvgIpc) is 2.85. The number of amides is 2. The van der Waals surface area contributed by atoms with Gasteiger partial charge in [-0.3, -0.25) is 9.59 Å². The van der Waals surface area contributed by atoms with Crippen LogP contribution in [0, 0.1) is 0 Å². The number of halogens is 1. The quantitative estimate of drug-likeness (QED) is 0.347. The zero-order chi connectivity index (χ0) is 24.5. The molecule has 3 aromatic carbocycles. The molecule has 0 aromatic heterocycles. The fourth-order valence-corrected chi connectivity index (χ4v) is 3.53. The lowest BCUT2D eigenvalue weighted by molar-refractivity contribution is -0.111. The zero-order valence-electron chi connectivity index (χ0n) is 19.1. The molecular formula is C26H25BrN2O5. The Balaban J connectivity index is 1.80. The van der Waals surface area contributed by atoms with Gasteiger partial charge in [0.2, 0.25) is 5.91 Å². The van der Waals surface area contributed by atoms with E-state index in [0.717, 1.165) is 10.0 Å². The fourth-order valence-electron chi connectivity index (χ4n) is 3.15. The Morgan fingerprint density at radius 2 is 1.53 bits per heavy atom. The van der Waals surface area contributed by atoms with Crippen LogP contribution >= 0.6 is 15.9 Å². The van der Waals surface area contributed by atoms with Crippen molar-refractivity contribution in [3.05, 3.63) is 82.3 Å². The van der Waals surface area contributed by atoms with Crippen molar-refractivity contribution in [1.82, 2.24) is 0 Å². The number of methoxy groups -OCH3 is 2. The van der Waals surface area contributed by atoms with Crippen molar-refractivity contribution in [3.63, 3.8) is 0 Å². The van der Waals surface area contributed by atoms with Gasteiger partial charge in [0.05, 0.1) is 32.2 Å². The van der Waals surface area contributed by atoms with E-state index in [9.17, 15) is 9.59 Å². The summed E-state index contributed by atoms with van der Waals surface area (Å²) < 4.78 is 17.3. The maximum atomic E-state index is 12.6. The zero-order valence-corrected chi connectivity index (χ0v) is 20.6. The molecule has 0 unspecified atom stereocenters. The van der Waals surface area contributed by atoms with Gasteiger partial charge in [-0.15, -0.1) is 0 Å². The van der Waals surface area contributed by atoms with Gasteiger partial charge in [-0.2, -0.15) is 0 Å². The van der Waals surface area contributed by atoms with Crippen LogP contribution in [0.15, 0.2) is 71.2 Å².